The molecule has 4 nitrogen and oxygen atoms in total. The Morgan fingerprint density at radius 1 is 1.69 bits per heavy atom. The van der Waals surface area contributed by atoms with Crippen LogP contribution in [0.5, 0.6) is 0 Å². The van der Waals surface area contributed by atoms with E-state index in [1.165, 1.54) is 7.11 Å². The summed E-state index contributed by atoms with van der Waals surface area (Å²) in [6, 6.07) is 2.14. The van der Waals surface area contributed by atoms with Crippen LogP contribution in [0.3, 0.4) is 0 Å². The average molecular weight is 182 g/mol. The van der Waals surface area contributed by atoms with Crippen LogP contribution in [-0.2, 0) is 9.53 Å². The number of hydrogen-bond acceptors (Lipinski definition) is 3. The number of nitrogens with one attached hydrogen (secondary N) is 1. The van der Waals surface area contributed by atoms with Crippen LogP contribution in [-0.4, -0.2) is 24.7 Å². The van der Waals surface area contributed by atoms with Crippen molar-refractivity contribution in [3.05, 3.63) is 0 Å². The molecule has 13 heavy (non-hydrogen) atoms. The zero-order valence-corrected chi connectivity index (χ0v) is 7.96. The molecule has 1 saturated carbocycles. The number of nitriles is 1. The van der Waals surface area contributed by atoms with Gasteiger partial charge in [0.25, 0.3) is 0 Å². The monoisotopic (exact) mass is 182 g/mol. The van der Waals surface area contributed by atoms with Gasteiger partial charge in [-0.15, -0.1) is 0 Å². The van der Waals surface area contributed by atoms with E-state index in [2.05, 4.69) is 11.4 Å². The number of ether oxygens (including phenoxy) is 1. The predicted octanol–water partition coefficient (Wildman–Crippen LogP) is 0.584. The molecule has 1 unspecified atom stereocenters. The predicted molar refractivity (Wildman–Crippen MR) is 46.8 cm³/mol. The van der Waals surface area contributed by atoms with Gasteiger partial charge in [-0.05, 0) is 26.2 Å². The highest BCUT2D eigenvalue weighted by atomic mass is 16.5. The molecule has 1 amide bonds. The zero-order chi connectivity index (χ0) is 9.90. The van der Waals surface area contributed by atoms with Gasteiger partial charge in [-0.1, -0.05) is 0 Å². The van der Waals surface area contributed by atoms with Crippen LogP contribution in [0.25, 0.3) is 0 Å². The quantitative estimate of drug-likeness (QED) is 0.694. The fraction of sp³-hybridized carbons (Fsp3) is 0.778. The highest BCUT2D eigenvalue weighted by molar-refractivity contribution is 5.81. The van der Waals surface area contributed by atoms with Gasteiger partial charge in [0.1, 0.15) is 11.6 Å². The van der Waals surface area contributed by atoms with Gasteiger partial charge in [0, 0.05) is 7.11 Å². The van der Waals surface area contributed by atoms with E-state index >= 15 is 0 Å². The van der Waals surface area contributed by atoms with Crippen LogP contribution in [0, 0.1) is 11.3 Å². The molecule has 0 saturated heterocycles. The van der Waals surface area contributed by atoms with Crippen LogP contribution >= 0.6 is 0 Å². The molecule has 0 heterocycles. The molecule has 4 heteroatoms. The van der Waals surface area contributed by atoms with Crippen LogP contribution in [0.2, 0.25) is 0 Å². The molecule has 0 radical (unpaired) electrons. The molecule has 0 aliphatic heterocycles. The van der Waals surface area contributed by atoms with Crippen LogP contribution < -0.4 is 5.32 Å². The molecular weight excluding hydrogens is 168 g/mol. The minimum absolute atomic E-state index is 0.205. The third-order valence-corrected chi connectivity index (χ3v) is 2.51. The Morgan fingerprint density at radius 2 is 2.31 bits per heavy atom. The van der Waals surface area contributed by atoms with Crippen molar-refractivity contribution < 1.29 is 9.53 Å². The first kappa shape index (κ1) is 10.0. The number of hydrogen-bond donors (Lipinski definition) is 1. The summed E-state index contributed by atoms with van der Waals surface area (Å²) in [6.45, 7) is 1.67. The second-order valence-electron chi connectivity index (χ2n) is 3.41. The minimum atomic E-state index is -0.607. The van der Waals surface area contributed by atoms with Gasteiger partial charge in [0.05, 0.1) is 6.07 Å². The van der Waals surface area contributed by atoms with Crippen molar-refractivity contribution in [3.8, 4) is 6.07 Å². The lowest BCUT2D eigenvalue weighted by Crippen LogP contribution is -2.54. The number of amides is 1. The van der Waals surface area contributed by atoms with Gasteiger partial charge in [-0.25, -0.2) is 0 Å². The number of methoxy groups -OCH3 is 1. The lowest BCUT2D eigenvalue weighted by atomic mass is 9.78. The first-order valence-corrected chi connectivity index (χ1v) is 4.39. The van der Waals surface area contributed by atoms with Crippen molar-refractivity contribution >= 4 is 5.91 Å². The summed E-state index contributed by atoms with van der Waals surface area (Å²) in [4.78, 5) is 11.4. The number of rotatable bonds is 3. The van der Waals surface area contributed by atoms with Crippen molar-refractivity contribution in [1.29, 1.82) is 5.26 Å². The first-order valence-electron chi connectivity index (χ1n) is 4.39. The van der Waals surface area contributed by atoms with Crippen molar-refractivity contribution in [2.24, 2.45) is 0 Å². The molecule has 0 aromatic rings. The van der Waals surface area contributed by atoms with Gasteiger partial charge in [-0.2, -0.15) is 5.26 Å². The molecule has 1 aliphatic carbocycles. The van der Waals surface area contributed by atoms with Crippen molar-refractivity contribution in [1.82, 2.24) is 5.32 Å². The zero-order valence-electron chi connectivity index (χ0n) is 7.96. The first-order chi connectivity index (χ1) is 6.13. The molecule has 0 aromatic heterocycles. The fourth-order valence-electron chi connectivity index (χ4n) is 1.24. The molecule has 1 atom stereocenters. The molecule has 1 fully saturated rings. The Labute approximate surface area is 77.9 Å². The molecule has 0 aromatic carbocycles. The van der Waals surface area contributed by atoms with Gasteiger partial charge in [0.15, 0.2) is 0 Å². The molecule has 72 valence electrons. The second-order valence-corrected chi connectivity index (χ2v) is 3.41. The summed E-state index contributed by atoms with van der Waals surface area (Å²) >= 11 is 0. The highest BCUT2D eigenvalue weighted by Gasteiger charge is 2.39. The summed E-state index contributed by atoms with van der Waals surface area (Å²) < 4.78 is 4.85. The van der Waals surface area contributed by atoms with Crippen molar-refractivity contribution in [2.75, 3.05) is 7.11 Å². The summed E-state index contributed by atoms with van der Waals surface area (Å²) in [5.41, 5.74) is -0.607. The number of carbonyl (C=O) groups excluding carboxylic acids is 1. The molecule has 0 bridgehead atoms. The van der Waals surface area contributed by atoms with Gasteiger partial charge in [-0.3, -0.25) is 4.79 Å². The minimum Gasteiger partial charge on any atom is -0.372 e. The third-order valence-electron chi connectivity index (χ3n) is 2.51. The Bertz CT molecular complexity index is 240. The van der Waals surface area contributed by atoms with Crippen LogP contribution in [0.4, 0.5) is 0 Å². The Kier molecular flexibility index (Phi) is 2.89. The third kappa shape index (κ3) is 1.99. The Hall–Kier alpha value is -1.08. The summed E-state index contributed by atoms with van der Waals surface area (Å²) in [5, 5.41) is 11.5. The summed E-state index contributed by atoms with van der Waals surface area (Å²) in [5.74, 6) is -0.205. The maximum absolute atomic E-state index is 11.4. The van der Waals surface area contributed by atoms with E-state index in [-0.39, 0.29) is 5.91 Å². The summed E-state index contributed by atoms with van der Waals surface area (Å²) in [6.07, 6.45) is 2.04. The van der Waals surface area contributed by atoms with Gasteiger partial charge >= 0.3 is 0 Å². The second kappa shape index (κ2) is 3.75. The molecule has 1 rings (SSSR count). The summed E-state index contributed by atoms with van der Waals surface area (Å²) in [7, 11) is 1.48. The smallest absolute Gasteiger partial charge is 0.250 e. The van der Waals surface area contributed by atoms with E-state index in [9.17, 15) is 4.79 Å². The molecular formula is C9H14N2O2. The van der Waals surface area contributed by atoms with Crippen molar-refractivity contribution in [2.45, 2.75) is 37.8 Å². The highest BCUT2D eigenvalue weighted by Crippen LogP contribution is 2.30. The SMILES string of the molecule is COC(C)C(=O)NC1(C#N)CCC1. The average Bonchev–Trinajstić information content (AvgIpc) is 2.09. The van der Waals surface area contributed by atoms with E-state index in [0.717, 1.165) is 19.3 Å². The fourth-order valence-corrected chi connectivity index (χ4v) is 1.24. The van der Waals surface area contributed by atoms with E-state index in [0.29, 0.717) is 0 Å². The Balaban J connectivity index is 2.48. The normalized spacial score (nSPS) is 21.0. The number of carbonyl (C=O) groups is 1. The van der Waals surface area contributed by atoms with E-state index in [1.807, 2.05) is 0 Å². The molecule has 1 N–H and O–H groups in total. The largest absolute Gasteiger partial charge is 0.372 e. The van der Waals surface area contributed by atoms with Crippen molar-refractivity contribution in [3.63, 3.8) is 0 Å². The maximum atomic E-state index is 11.4. The molecule has 0 spiro atoms. The van der Waals surface area contributed by atoms with Crippen LogP contribution in [0.1, 0.15) is 26.2 Å². The maximum Gasteiger partial charge on any atom is 0.250 e. The standard InChI is InChI=1S/C9H14N2O2/c1-7(13-2)8(12)11-9(6-10)4-3-5-9/h7H,3-5H2,1-2H3,(H,11,12). The lowest BCUT2D eigenvalue weighted by Gasteiger charge is -2.36. The topological polar surface area (TPSA) is 62.1 Å². The lowest BCUT2D eigenvalue weighted by molar-refractivity contribution is -0.132. The van der Waals surface area contributed by atoms with E-state index in [1.54, 1.807) is 6.92 Å². The van der Waals surface area contributed by atoms with Gasteiger partial charge in [0.2, 0.25) is 5.91 Å². The number of nitrogens with zero attached hydrogens (tertiary/aromatic N) is 1. The molecule has 1 aliphatic rings. The van der Waals surface area contributed by atoms with Gasteiger partial charge < -0.3 is 10.1 Å². The van der Waals surface area contributed by atoms with Crippen LogP contribution in [0.15, 0.2) is 0 Å². The van der Waals surface area contributed by atoms with E-state index in [4.69, 9.17) is 10.00 Å². The van der Waals surface area contributed by atoms with E-state index < -0.39 is 11.6 Å². The Morgan fingerprint density at radius 3 is 2.62 bits per heavy atom.